The number of unbranched alkanes of at least 4 members (excludes halogenated alkanes) is 1. The summed E-state index contributed by atoms with van der Waals surface area (Å²) >= 11 is 0. The molecule has 1 fully saturated rings. The first-order valence-corrected chi connectivity index (χ1v) is 9.11. The number of nitrogens with zero attached hydrogens (tertiary/aromatic N) is 1. The third kappa shape index (κ3) is 2.28. The second kappa shape index (κ2) is 5.73. The first-order chi connectivity index (χ1) is 10.8. The van der Waals surface area contributed by atoms with E-state index in [0.29, 0.717) is 12.0 Å². The Balaban J connectivity index is 1.72. The molecule has 4 rings (SSSR count). The number of hydrogen-bond acceptors (Lipinski definition) is 1. The second-order valence-corrected chi connectivity index (χ2v) is 7.40. The Morgan fingerprint density at radius 2 is 2.14 bits per heavy atom. The summed E-state index contributed by atoms with van der Waals surface area (Å²) in [6.45, 7) is 7.31. The predicted octanol–water partition coefficient (Wildman–Crippen LogP) is 4.71. The Bertz CT molecular complexity index is 657. The van der Waals surface area contributed by atoms with Crippen LogP contribution in [-0.4, -0.2) is 29.0 Å². The van der Waals surface area contributed by atoms with Crippen LogP contribution >= 0.6 is 0 Å². The zero-order valence-corrected chi connectivity index (χ0v) is 13.9. The van der Waals surface area contributed by atoms with E-state index in [9.17, 15) is 0 Å². The Morgan fingerprint density at radius 3 is 3.00 bits per heavy atom. The molecule has 0 saturated carbocycles. The van der Waals surface area contributed by atoms with Crippen molar-refractivity contribution in [2.24, 2.45) is 5.92 Å². The van der Waals surface area contributed by atoms with Crippen molar-refractivity contribution in [2.75, 3.05) is 13.1 Å². The molecule has 0 aliphatic carbocycles. The van der Waals surface area contributed by atoms with E-state index in [4.69, 9.17) is 0 Å². The molecule has 1 N–H and O–H groups in total. The summed E-state index contributed by atoms with van der Waals surface area (Å²) < 4.78 is 0. The van der Waals surface area contributed by atoms with Crippen LogP contribution in [0.25, 0.3) is 10.9 Å². The normalized spacial score (nSPS) is 31.0. The molecule has 2 aromatic rings. The molecule has 0 amide bonds. The van der Waals surface area contributed by atoms with E-state index in [0.717, 1.165) is 5.92 Å². The molecule has 1 saturated heterocycles. The van der Waals surface area contributed by atoms with Gasteiger partial charge in [-0.25, -0.2) is 0 Å². The molecular formula is C20H28N2. The minimum atomic E-state index is 0.687. The molecule has 22 heavy (non-hydrogen) atoms. The first-order valence-electron chi connectivity index (χ1n) is 9.11. The summed E-state index contributed by atoms with van der Waals surface area (Å²) in [6, 6.07) is 9.56. The van der Waals surface area contributed by atoms with E-state index in [1.165, 1.54) is 56.1 Å². The monoisotopic (exact) mass is 296 g/mol. The largest absolute Gasteiger partial charge is 0.358 e. The highest BCUT2D eigenvalue weighted by molar-refractivity contribution is 5.85. The zero-order valence-electron chi connectivity index (χ0n) is 13.9. The molecule has 118 valence electrons. The standard InChI is InChI=1S/C20H28N2/c1-3-4-7-15-12-18-14(2)22(13-15)11-10-17-16-8-5-6-9-19(16)21-20(17)18/h5-6,8-9,14-15,18,21H,3-4,7,10-13H2,1-2H3/t14?,15-,18?/m0/s1. The van der Waals surface area contributed by atoms with E-state index in [1.54, 1.807) is 11.3 Å². The van der Waals surface area contributed by atoms with Gasteiger partial charge in [-0.15, -0.1) is 0 Å². The number of hydrogen-bond donors (Lipinski definition) is 1. The van der Waals surface area contributed by atoms with Crippen LogP contribution in [0.3, 0.4) is 0 Å². The van der Waals surface area contributed by atoms with E-state index < -0.39 is 0 Å². The van der Waals surface area contributed by atoms with Crippen LogP contribution in [0.4, 0.5) is 0 Å². The molecule has 3 heterocycles. The summed E-state index contributed by atoms with van der Waals surface area (Å²) in [5, 5.41) is 1.46. The summed E-state index contributed by atoms with van der Waals surface area (Å²) in [4.78, 5) is 6.55. The van der Waals surface area contributed by atoms with Crippen LogP contribution in [0.2, 0.25) is 0 Å². The number of fused-ring (bicyclic) bond motifs is 6. The van der Waals surface area contributed by atoms with Crippen molar-refractivity contribution in [3.63, 3.8) is 0 Å². The van der Waals surface area contributed by atoms with Crippen molar-refractivity contribution in [1.82, 2.24) is 9.88 Å². The average molecular weight is 296 g/mol. The third-order valence-electron chi connectivity index (χ3n) is 6.07. The van der Waals surface area contributed by atoms with Crippen molar-refractivity contribution in [3.05, 3.63) is 35.5 Å². The maximum atomic E-state index is 3.79. The number of piperidine rings is 1. The van der Waals surface area contributed by atoms with Gasteiger partial charge in [0.15, 0.2) is 0 Å². The molecule has 1 aromatic carbocycles. The van der Waals surface area contributed by atoms with Crippen LogP contribution < -0.4 is 0 Å². The quantitative estimate of drug-likeness (QED) is 0.869. The van der Waals surface area contributed by atoms with Gasteiger partial charge in [0.1, 0.15) is 0 Å². The van der Waals surface area contributed by atoms with Gasteiger partial charge in [-0.2, -0.15) is 0 Å². The van der Waals surface area contributed by atoms with Gasteiger partial charge in [-0.05, 0) is 43.7 Å². The molecule has 2 bridgehead atoms. The number of para-hydroxylation sites is 1. The topological polar surface area (TPSA) is 19.0 Å². The fourth-order valence-electron chi connectivity index (χ4n) is 4.80. The second-order valence-electron chi connectivity index (χ2n) is 7.40. The van der Waals surface area contributed by atoms with Crippen molar-refractivity contribution in [3.8, 4) is 0 Å². The van der Waals surface area contributed by atoms with Gasteiger partial charge in [-0.1, -0.05) is 38.0 Å². The number of benzene rings is 1. The molecule has 0 spiro atoms. The van der Waals surface area contributed by atoms with Gasteiger partial charge < -0.3 is 4.98 Å². The third-order valence-corrected chi connectivity index (χ3v) is 6.07. The molecule has 0 radical (unpaired) electrons. The van der Waals surface area contributed by atoms with Crippen molar-refractivity contribution in [1.29, 1.82) is 0 Å². The van der Waals surface area contributed by atoms with Crippen LogP contribution in [0.1, 0.15) is 56.7 Å². The zero-order chi connectivity index (χ0) is 15.1. The lowest BCUT2D eigenvalue weighted by Crippen LogP contribution is -2.45. The van der Waals surface area contributed by atoms with E-state index >= 15 is 0 Å². The highest BCUT2D eigenvalue weighted by Crippen LogP contribution is 2.42. The van der Waals surface area contributed by atoms with E-state index in [-0.39, 0.29) is 0 Å². The number of nitrogens with one attached hydrogen (secondary N) is 1. The van der Waals surface area contributed by atoms with Crippen molar-refractivity contribution < 1.29 is 0 Å². The SMILES string of the molecule is CCCC[C@H]1CC2c3[nH]c4ccccc4c3CCN(C1)C2C. The van der Waals surface area contributed by atoms with Crippen molar-refractivity contribution in [2.45, 2.75) is 57.9 Å². The Labute approximate surface area is 133 Å². The molecule has 1 aromatic heterocycles. The lowest BCUT2D eigenvalue weighted by atomic mass is 9.80. The predicted molar refractivity (Wildman–Crippen MR) is 93.4 cm³/mol. The fourth-order valence-corrected chi connectivity index (χ4v) is 4.80. The Morgan fingerprint density at radius 1 is 1.27 bits per heavy atom. The van der Waals surface area contributed by atoms with Gasteiger partial charge in [0.2, 0.25) is 0 Å². The summed E-state index contributed by atoms with van der Waals surface area (Å²) in [7, 11) is 0. The molecule has 2 heteroatoms. The summed E-state index contributed by atoms with van der Waals surface area (Å²) in [5.74, 6) is 1.58. The minimum absolute atomic E-state index is 0.687. The summed E-state index contributed by atoms with van der Waals surface area (Å²) in [6.07, 6.45) is 6.71. The van der Waals surface area contributed by atoms with Gasteiger partial charge in [0, 0.05) is 41.6 Å². The number of aromatic amines is 1. The molecular weight excluding hydrogens is 268 g/mol. The van der Waals surface area contributed by atoms with Gasteiger partial charge >= 0.3 is 0 Å². The first kappa shape index (κ1) is 14.3. The van der Waals surface area contributed by atoms with Gasteiger partial charge in [0.05, 0.1) is 0 Å². The summed E-state index contributed by atoms with van der Waals surface area (Å²) in [5.41, 5.74) is 4.49. The average Bonchev–Trinajstić information content (AvgIpc) is 2.88. The lowest BCUT2D eigenvalue weighted by Gasteiger charge is -2.42. The molecule has 3 unspecified atom stereocenters. The maximum Gasteiger partial charge on any atom is 0.0459 e. The van der Waals surface area contributed by atoms with Crippen LogP contribution in [0.15, 0.2) is 24.3 Å². The maximum absolute atomic E-state index is 3.79. The number of H-pyrrole nitrogens is 1. The molecule has 2 aliphatic rings. The Kier molecular flexibility index (Phi) is 3.73. The van der Waals surface area contributed by atoms with Gasteiger partial charge in [-0.3, -0.25) is 4.90 Å². The lowest BCUT2D eigenvalue weighted by molar-refractivity contribution is 0.0984. The van der Waals surface area contributed by atoms with Crippen molar-refractivity contribution >= 4 is 10.9 Å². The number of rotatable bonds is 3. The van der Waals surface area contributed by atoms with Crippen LogP contribution in [0.5, 0.6) is 0 Å². The van der Waals surface area contributed by atoms with E-state index in [1.807, 2.05) is 0 Å². The van der Waals surface area contributed by atoms with Crippen LogP contribution in [-0.2, 0) is 6.42 Å². The minimum Gasteiger partial charge on any atom is -0.358 e. The fraction of sp³-hybridized carbons (Fsp3) is 0.600. The van der Waals surface area contributed by atoms with Gasteiger partial charge in [0.25, 0.3) is 0 Å². The highest BCUT2D eigenvalue weighted by Gasteiger charge is 2.38. The smallest absolute Gasteiger partial charge is 0.0459 e. The highest BCUT2D eigenvalue weighted by atomic mass is 15.2. The van der Waals surface area contributed by atoms with E-state index in [2.05, 4.69) is 48.0 Å². The molecule has 2 aliphatic heterocycles. The number of aromatic nitrogens is 1. The Hall–Kier alpha value is -1.28. The molecule has 2 nitrogen and oxygen atoms in total. The molecule has 4 atom stereocenters. The van der Waals surface area contributed by atoms with Crippen LogP contribution in [0, 0.1) is 5.92 Å².